The lowest BCUT2D eigenvalue weighted by molar-refractivity contribution is -0.121. The number of hydrogen-bond acceptors (Lipinski definition) is 3. The second kappa shape index (κ2) is 4.94. The van der Waals surface area contributed by atoms with Crippen LogP contribution >= 0.6 is 11.6 Å². The van der Waals surface area contributed by atoms with Crippen molar-refractivity contribution < 1.29 is 4.79 Å². The Morgan fingerprint density at radius 2 is 2.29 bits per heavy atom. The molecule has 0 spiro atoms. The van der Waals surface area contributed by atoms with Crippen LogP contribution in [0.15, 0.2) is 18.2 Å². The van der Waals surface area contributed by atoms with Crippen LogP contribution in [0.2, 0.25) is 5.02 Å². The van der Waals surface area contributed by atoms with Crippen molar-refractivity contribution in [3.05, 3.63) is 28.8 Å². The van der Waals surface area contributed by atoms with Crippen molar-refractivity contribution in [3.63, 3.8) is 0 Å². The van der Waals surface area contributed by atoms with E-state index in [0.717, 1.165) is 31.6 Å². The second-order valence-corrected chi connectivity index (χ2v) is 4.90. The van der Waals surface area contributed by atoms with Gasteiger partial charge in [-0.1, -0.05) is 17.7 Å². The maximum Gasteiger partial charge on any atom is 0.221 e. The van der Waals surface area contributed by atoms with Crippen molar-refractivity contribution in [1.29, 1.82) is 0 Å². The van der Waals surface area contributed by atoms with Crippen molar-refractivity contribution in [2.75, 3.05) is 18.8 Å². The number of hydrogen-bond donors (Lipinski definition) is 2. The Bertz CT molecular complexity index is 436. The number of anilines is 1. The third-order valence-electron chi connectivity index (χ3n) is 3.18. The van der Waals surface area contributed by atoms with Gasteiger partial charge in [-0.15, -0.1) is 0 Å². The van der Waals surface area contributed by atoms with E-state index in [0.29, 0.717) is 10.7 Å². The van der Waals surface area contributed by atoms with Gasteiger partial charge in [0, 0.05) is 23.8 Å². The SMILES string of the molecule is NC(=O)C1CCN(Cc2ccc(Cl)cc2N)C1. The van der Waals surface area contributed by atoms with Crippen LogP contribution in [0.5, 0.6) is 0 Å². The number of amides is 1. The summed E-state index contributed by atoms with van der Waals surface area (Å²) >= 11 is 5.84. The minimum Gasteiger partial charge on any atom is -0.398 e. The lowest BCUT2D eigenvalue weighted by Crippen LogP contribution is -2.27. The molecule has 1 saturated heterocycles. The summed E-state index contributed by atoms with van der Waals surface area (Å²) in [5, 5.41) is 0.641. The van der Waals surface area contributed by atoms with Crippen molar-refractivity contribution in [2.45, 2.75) is 13.0 Å². The normalized spacial score (nSPS) is 20.6. The molecule has 0 aliphatic carbocycles. The molecule has 4 N–H and O–H groups in total. The van der Waals surface area contributed by atoms with Crippen LogP contribution < -0.4 is 11.5 Å². The number of carbonyl (C=O) groups is 1. The highest BCUT2D eigenvalue weighted by Gasteiger charge is 2.26. The van der Waals surface area contributed by atoms with E-state index in [9.17, 15) is 4.79 Å². The van der Waals surface area contributed by atoms with Crippen LogP contribution in [0, 0.1) is 5.92 Å². The van der Waals surface area contributed by atoms with Gasteiger partial charge in [-0.3, -0.25) is 9.69 Å². The molecule has 0 bridgehead atoms. The Kier molecular flexibility index (Phi) is 3.54. The zero-order chi connectivity index (χ0) is 12.4. The van der Waals surface area contributed by atoms with E-state index < -0.39 is 0 Å². The van der Waals surface area contributed by atoms with Gasteiger partial charge in [0.2, 0.25) is 5.91 Å². The Hall–Kier alpha value is -1.26. The van der Waals surface area contributed by atoms with Gasteiger partial charge in [-0.05, 0) is 30.7 Å². The molecule has 0 aromatic heterocycles. The summed E-state index contributed by atoms with van der Waals surface area (Å²) in [6.07, 6.45) is 0.836. The molecule has 1 heterocycles. The molecule has 92 valence electrons. The van der Waals surface area contributed by atoms with Crippen LogP contribution in [-0.2, 0) is 11.3 Å². The fourth-order valence-electron chi connectivity index (χ4n) is 2.16. The van der Waals surface area contributed by atoms with Crippen molar-refractivity contribution in [2.24, 2.45) is 11.7 Å². The molecule has 1 unspecified atom stereocenters. The Labute approximate surface area is 106 Å². The van der Waals surface area contributed by atoms with Crippen LogP contribution in [0.4, 0.5) is 5.69 Å². The summed E-state index contributed by atoms with van der Waals surface area (Å²) < 4.78 is 0. The lowest BCUT2D eigenvalue weighted by Gasteiger charge is -2.16. The molecule has 2 rings (SSSR count). The average Bonchev–Trinajstić information content (AvgIpc) is 2.71. The summed E-state index contributed by atoms with van der Waals surface area (Å²) in [5.41, 5.74) is 12.9. The number of nitrogen functional groups attached to an aromatic ring is 1. The second-order valence-electron chi connectivity index (χ2n) is 4.47. The third kappa shape index (κ3) is 2.90. The summed E-state index contributed by atoms with van der Waals surface area (Å²) in [4.78, 5) is 13.3. The quantitative estimate of drug-likeness (QED) is 0.796. The predicted molar refractivity (Wildman–Crippen MR) is 68.4 cm³/mol. The number of likely N-dealkylation sites (tertiary alicyclic amines) is 1. The molecule has 1 aliphatic heterocycles. The molecule has 17 heavy (non-hydrogen) atoms. The van der Waals surface area contributed by atoms with E-state index in [1.807, 2.05) is 12.1 Å². The van der Waals surface area contributed by atoms with Crippen molar-refractivity contribution in [3.8, 4) is 0 Å². The smallest absolute Gasteiger partial charge is 0.221 e. The molecule has 1 aromatic carbocycles. The molecule has 1 fully saturated rings. The fraction of sp³-hybridized carbons (Fsp3) is 0.417. The van der Waals surface area contributed by atoms with Gasteiger partial charge < -0.3 is 11.5 Å². The number of benzene rings is 1. The Morgan fingerprint density at radius 3 is 2.88 bits per heavy atom. The number of nitrogens with two attached hydrogens (primary N) is 2. The topological polar surface area (TPSA) is 72.4 Å². The van der Waals surface area contributed by atoms with Crippen LogP contribution in [0.1, 0.15) is 12.0 Å². The molecular formula is C12H16ClN3O. The average molecular weight is 254 g/mol. The zero-order valence-corrected chi connectivity index (χ0v) is 10.3. The third-order valence-corrected chi connectivity index (χ3v) is 3.41. The maximum absolute atomic E-state index is 11.1. The van der Waals surface area contributed by atoms with Gasteiger partial charge in [0.05, 0.1) is 5.92 Å². The van der Waals surface area contributed by atoms with Gasteiger partial charge in [0.1, 0.15) is 0 Å². The Morgan fingerprint density at radius 1 is 1.53 bits per heavy atom. The molecule has 4 nitrogen and oxygen atoms in total. The van der Waals surface area contributed by atoms with E-state index >= 15 is 0 Å². The first-order valence-corrected chi connectivity index (χ1v) is 5.99. The maximum atomic E-state index is 11.1. The monoisotopic (exact) mass is 253 g/mol. The van der Waals surface area contributed by atoms with Crippen molar-refractivity contribution >= 4 is 23.2 Å². The summed E-state index contributed by atoms with van der Waals surface area (Å²) in [7, 11) is 0. The molecule has 1 aliphatic rings. The van der Waals surface area contributed by atoms with Gasteiger partial charge in [-0.25, -0.2) is 0 Å². The van der Waals surface area contributed by atoms with E-state index in [-0.39, 0.29) is 11.8 Å². The van der Waals surface area contributed by atoms with E-state index in [1.54, 1.807) is 6.07 Å². The first-order chi connectivity index (χ1) is 8.06. The molecule has 0 saturated carbocycles. The summed E-state index contributed by atoms with van der Waals surface area (Å²) in [6.45, 7) is 2.35. The standard InChI is InChI=1S/C12H16ClN3O/c13-10-2-1-8(11(14)5-10)6-16-4-3-9(7-16)12(15)17/h1-2,5,9H,3-4,6-7,14H2,(H2,15,17). The van der Waals surface area contributed by atoms with E-state index in [1.165, 1.54) is 0 Å². The van der Waals surface area contributed by atoms with E-state index in [4.69, 9.17) is 23.1 Å². The highest BCUT2D eigenvalue weighted by molar-refractivity contribution is 6.30. The summed E-state index contributed by atoms with van der Waals surface area (Å²) in [5.74, 6) is -0.236. The molecular weight excluding hydrogens is 238 g/mol. The van der Waals surface area contributed by atoms with Crippen molar-refractivity contribution in [1.82, 2.24) is 4.90 Å². The fourth-order valence-corrected chi connectivity index (χ4v) is 2.34. The predicted octanol–water partition coefficient (Wildman–Crippen LogP) is 1.23. The molecule has 1 amide bonds. The van der Waals surface area contributed by atoms with E-state index in [2.05, 4.69) is 4.90 Å². The first kappa shape index (κ1) is 12.2. The van der Waals surface area contributed by atoms with Gasteiger partial charge in [-0.2, -0.15) is 0 Å². The molecule has 5 heteroatoms. The van der Waals surface area contributed by atoms with Crippen LogP contribution in [-0.4, -0.2) is 23.9 Å². The minimum atomic E-state index is -0.212. The highest BCUT2D eigenvalue weighted by Crippen LogP contribution is 2.23. The number of rotatable bonds is 3. The van der Waals surface area contributed by atoms with Crippen LogP contribution in [0.25, 0.3) is 0 Å². The number of primary amides is 1. The molecule has 0 radical (unpaired) electrons. The lowest BCUT2D eigenvalue weighted by atomic mass is 10.1. The first-order valence-electron chi connectivity index (χ1n) is 5.62. The van der Waals surface area contributed by atoms with Crippen LogP contribution in [0.3, 0.4) is 0 Å². The number of carbonyl (C=O) groups excluding carboxylic acids is 1. The minimum absolute atomic E-state index is 0.0245. The zero-order valence-electron chi connectivity index (χ0n) is 9.53. The summed E-state index contributed by atoms with van der Waals surface area (Å²) in [6, 6.07) is 5.50. The highest BCUT2D eigenvalue weighted by atomic mass is 35.5. The largest absolute Gasteiger partial charge is 0.398 e. The Balaban J connectivity index is 2.00. The molecule has 1 atom stereocenters. The van der Waals surface area contributed by atoms with Gasteiger partial charge in [0.15, 0.2) is 0 Å². The van der Waals surface area contributed by atoms with Gasteiger partial charge >= 0.3 is 0 Å². The molecule has 1 aromatic rings. The number of halogens is 1. The number of nitrogens with zero attached hydrogens (tertiary/aromatic N) is 1. The van der Waals surface area contributed by atoms with Gasteiger partial charge in [0.25, 0.3) is 0 Å².